The van der Waals surface area contributed by atoms with E-state index in [0.29, 0.717) is 30.3 Å². The predicted octanol–water partition coefficient (Wildman–Crippen LogP) is 2.42. The van der Waals surface area contributed by atoms with Crippen molar-refractivity contribution >= 4 is 17.5 Å². The van der Waals surface area contributed by atoms with E-state index < -0.39 is 0 Å². The summed E-state index contributed by atoms with van der Waals surface area (Å²) in [4.78, 5) is 26.5. The van der Waals surface area contributed by atoms with Crippen LogP contribution in [0.4, 0.5) is 5.69 Å². The molecule has 6 nitrogen and oxygen atoms in total. The zero-order chi connectivity index (χ0) is 19.2. The van der Waals surface area contributed by atoms with Gasteiger partial charge in [-0.05, 0) is 24.1 Å². The van der Waals surface area contributed by atoms with Gasteiger partial charge >= 0.3 is 0 Å². The third-order valence-corrected chi connectivity index (χ3v) is 4.73. The monoisotopic (exact) mass is 368 g/mol. The first kappa shape index (κ1) is 18.8. The fourth-order valence-electron chi connectivity index (χ4n) is 3.24. The average Bonchev–Trinajstić information content (AvgIpc) is 3.10. The number of ether oxygens (including phenoxy) is 2. The summed E-state index contributed by atoms with van der Waals surface area (Å²) in [7, 11) is 3.12. The molecular formula is C21H24N2O4. The molecule has 2 aromatic carbocycles. The fraction of sp³-hybridized carbons (Fsp3) is 0.333. The SMILES string of the molecule is COc1ccc(N2CC(C(=O)NCCc3ccccc3)CC2=O)cc1OC. The van der Waals surface area contributed by atoms with Gasteiger partial charge in [-0.3, -0.25) is 9.59 Å². The number of anilines is 1. The number of amides is 2. The van der Waals surface area contributed by atoms with Crippen LogP contribution in [0.25, 0.3) is 0 Å². The molecule has 2 amide bonds. The van der Waals surface area contributed by atoms with Crippen LogP contribution in [0.2, 0.25) is 0 Å². The summed E-state index contributed by atoms with van der Waals surface area (Å²) >= 11 is 0. The number of benzene rings is 2. The number of rotatable bonds is 7. The summed E-state index contributed by atoms with van der Waals surface area (Å²) in [6.45, 7) is 0.926. The average molecular weight is 368 g/mol. The van der Waals surface area contributed by atoms with Crippen LogP contribution in [-0.2, 0) is 16.0 Å². The van der Waals surface area contributed by atoms with Gasteiger partial charge < -0.3 is 19.7 Å². The summed E-state index contributed by atoms with van der Waals surface area (Å²) < 4.78 is 10.5. The number of methoxy groups -OCH3 is 2. The van der Waals surface area contributed by atoms with Crippen molar-refractivity contribution in [1.29, 1.82) is 0 Å². The van der Waals surface area contributed by atoms with Gasteiger partial charge in [0.1, 0.15) is 0 Å². The maximum Gasteiger partial charge on any atom is 0.227 e. The molecule has 1 saturated heterocycles. The molecule has 1 aliphatic rings. The van der Waals surface area contributed by atoms with E-state index in [2.05, 4.69) is 5.32 Å². The van der Waals surface area contributed by atoms with Crippen LogP contribution in [-0.4, -0.2) is 39.1 Å². The van der Waals surface area contributed by atoms with Crippen LogP contribution in [0.3, 0.4) is 0 Å². The van der Waals surface area contributed by atoms with Gasteiger partial charge in [0, 0.05) is 31.3 Å². The van der Waals surface area contributed by atoms with Crippen molar-refractivity contribution < 1.29 is 19.1 Å². The molecular weight excluding hydrogens is 344 g/mol. The van der Waals surface area contributed by atoms with Crippen molar-refractivity contribution in [2.45, 2.75) is 12.8 Å². The molecule has 1 heterocycles. The predicted molar refractivity (Wildman–Crippen MR) is 103 cm³/mol. The lowest BCUT2D eigenvalue weighted by atomic mass is 10.1. The van der Waals surface area contributed by atoms with Crippen LogP contribution >= 0.6 is 0 Å². The summed E-state index contributed by atoms with van der Waals surface area (Å²) in [5.74, 6) is 0.663. The summed E-state index contributed by atoms with van der Waals surface area (Å²) in [6, 6.07) is 15.3. The van der Waals surface area contributed by atoms with E-state index in [-0.39, 0.29) is 24.2 Å². The lowest BCUT2D eigenvalue weighted by Crippen LogP contribution is -2.34. The molecule has 142 valence electrons. The summed E-state index contributed by atoms with van der Waals surface area (Å²) in [6.07, 6.45) is 0.984. The maximum absolute atomic E-state index is 12.4. The fourth-order valence-corrected chi connectivity index (χ4v) is 3.24. The molecule has 0 spiro atoms. The Hall–Kier alpha value is -3.02. The maximum atomic E-state index is 12.4. The highest BCUT2D eigenvalue weighted by molar-refractivity contribution is 6.00. The second-order valence-electron chi connectivity index (χ2n) is 6.47. The second-order valence-corrected chi connectivity index (χ2v) is 6.47. The number of nitrogens with zero attached hydrogens (tertiary/aromatic N) is 1. The Bertz CT molecular complexity index is 807. The second kappa shape index (κ2) is 8.58. The van der Waals surface area contributed by atoms with Gasteiger partial charge in [0.2, 0.25) is 11.8 Å². The van der Waals surface area contributed by atoms with Gasteiger partial charge in [-0.25, -0.2) is 0 Å². The van der Waals surface area contributed by atoms with E-state index >= 15 is 0 Å². The number of hydrogen-bond donors (Lipinski definition) is 1. The highest BCUT2D eigenvalue weighted by Gasteiger charge is 2.35. The molecule has 0 bridgehead atoms. The van der Waals surface area contributed by atoms with Crippen molar-refractivity contribution in [1.82, 2.24) is 5.32 Å². The van der Waals surface area contributed by atoms with E-state index in [1.54, 1.807) is 37.3 Å². The Morgan fingerprint density at radius 1 is 1.11 bits per heavy atom. The summed E-state index contributed by atoms with van der Waals surface area (Å²) in [5.41, 5.74) is 1.88. The van der Waals surface area contributed by atoms with E-state index in [1.807, 2.05) is 30.3 Å². The topological polar surface area (TPSA) is 67.9 Å². The van der Waals surface area contributed by atoms with Crippen LogP contribution in [0, 0.1) is 5.92 Å². The first-order valence-corrected chi connectivity index (χ1v) is 8.96. The van der Waals surface area contributed by atoms with Crippen molar-refractivity contribution in [3.63, 3.8) is 0 Å². The molecule has 3 rings (SSSR count). The normalized spacial score (nSPS) is 16.3. The largest absolute Gasteiger partial charge is 0.493 e. The number of hydrogen-bond acceptors (Lipinski definition) is 4. The molecule has 6 heteroatoms. The van der Waals surface area contributed by atoms with E-state index in [9.17, 15) is 9.59 Å². The van der Waals surface area contributed by atoms with Crippen molar-refractivity contribution in [3.8, 4) is 11.5 Å². The summed E-state index contributed by atoms with van der Waals surface area (Å²) in [5, 5.41) is 2.94. The van der Waals surface area contributed by atoms with Gasteiger partial charge in [-0.15, -0.1) is 0 Å². The molecule has 2 aromatic rings. The molecule has 1 aliphatic heterocycles. The highest BCUT2D eigenvalue weighted by atomic mass is 16.5. The first-order valence-electron chi connectivity index (χ1n) is 8.96. The van der Waals surface area contributed by atoms with Crippen LogP contribution in [0.1, 0.15) is 12.0 Å². The molecule has 27 heavy (non-hydrogen) atoms. The molecule has 0 aromatic heterocycles. The van der Waals surface area contributed by atoms with E-state index in [1.165, 1.54) is 5.56 Å². The molecule has 1 fully saturated rings. The Kier molecular flexibility index (Phi) is 5.96. The third-order valence-electron chi connectivity index (χ3n) is 4.73. The van der Waals surface area contributed by atoms with Crippen molar-refractivity contribution in [2.75, 3.05) is 32.2 Å². The molecule has 0 saturated carbocycles. The van der Waals surface area contributed by atoms with Crippen LogP contribution in [0.15, 0.2) is 48.5 Å². The van der Waals surface area contributed by atoms with Crippen molar-refractivity contribution in [2.24, 2.45) is 5.92 Å². The van der Waals surface area contributed by atoms with Gasteiger partial charge in [-0.2, -0.15) is 0 Å². The first-order chi connectivity index (χ1) is 13.1. The molecule has 1 unspecified atom stereocenters. The Labute approximate surface area is 159 Å². The minimum Gasteiger partial charge on any atom is -0.493 e. The minimum atomic E-state index is -0.346. The smallest absolute Gasteiger partial charge is 0.227 e. The number of nitrogens with one attached hydrogen (secondary N) is 1. The van der Waals surface area contributed by atoms with Crippen molar-refractivity contribution in [3.05, 3.63) is 54.1 Å². The minimum absolute atomic E-state index is 0.0644. The molecule has 1 atom stereocenters. The quantitative estimate of drug-likeness (QED) is 0.815. The van der Waals surface area contributed by atoms with Gasteiger partial charge in [0.25, 0.3) is 0 Å². The van der Waals surface area contributed by atoms with E-state index in [4.69, 9.17) is 9.47 Å². The zero-order valence-corrected chi connectivity index (χ0v) is 15.6. The Morgan fingerprint density at radius 2 is 1.85 bits per heavy atom. The molecule has 0 aliphatic carbocycles. The van der Waals surface area contributed by atoms with Gasteiger partial charge in [0.15, 0.2) is 11.5 Å². The lowest BCUT2D eigenvalue weighted by Gasteiger charge is -2.18. The Morgan fingerprint density at radius 3 is 2.56 bits per heavy atom. The highest BCUT2D eigenvalue weighted by Crippen LogP contribution is 2.34. The number of carbonyl (C=O) groups is 2. The van der Waals surface area contributed by atoms with E-state index in [0.717, 1.165) is 6.42 Å². The van der Waals surface area contributed by atoms with Gasteiger partial charge in [0.05, 0.1) is 20.1 Å². The number of carbonyl (C=O) groups excluding carboxylic acids is 2. The van der Waals surface area contributed by atoms with Crippen LogP contribution in [0.5, 0.6) is 11.5 Å². The van der Waals surface area contributed by atoms with Gasteiger partial charge in [-0.1, -0.05) is 30.3 Å². The molecule has 0 radical (unpaired) electrons. The lowest BCUT2D eigenvalue weighted by molar-refractivity contribution is -0.126. The zero-order valence-electron chi connectivity index (χ0n) is 15.6. The van der Waals surface area contributed by atoms with Crippen LogP contribution < -0.4 is 19.7 Å². The third kappa shape index (κ3) is 4.39. The standard InChI is InChI=1S/C21H24N2O4/c1-26-18-9-8-17(13-19(18)27-2)23-14-16(12-20(23)24)21(25)22-11-10-15-6-4-3-5-7-15/h3-9,13,16H,10-12,14H2,1-2H3,(H,22,25). The molecule has 1 N–H and O–H groups in total. The Balaban J connectivity index is 1.59.